The van der Waals surface area contributed by atoms with Crippen LogP contribution in [0.4, 0.5) is 4.79 Å². The molecule has 4 heterocycles. The van der Waals surface area contributed by atoms with E-state index in [1.54, 1.807) is 12.4 Å². The highest BCUT2D eigenvalue weighted by Gasteiger charge is 2.40. The second kappa shape index (κ2) is 6.22. The van der Waals surface area contributed by atoms with Gasteiger partial charge in [-0.15, -0.1) is 0 Å². The number of hydrogen-bond acceptors (Lipinski definition) is 3. The number of carbonyl (C=O) groups excluding carboxylic acids is 1. The molecule has 3 aliphatic rings. The molecular weight excluding hydrogens is 324 g/mol. The van der Waals surface area contributed by atoms with Gasteiger partial charge in [-0.2, -0.15) is 9.78 Å². The van der Waals surface area contributed by atoms with Crippen LogP contribution < -0.4 is 5.32 Å². The van der Waals surface area contributed by atoms with Gasteiger partial charge in [0.15, 0.2) is 0 Å². The van der Waals surface area contributed by atoms with Crippen molar-refractivity contribution in [2.75, 3.05) is 13.1 Å². The van der Waals surface area contributed by atoms with Crippen LogP contribution >= 0.6 is 11.6 Å². The molecule has 2 bridgehead atoms. The van der Waals surface area contributed by atoms with E-state index in [0.29, 0.717) is 17.0 Å². The molecule has 1 aromatic carbocycles. The largest absolute Gasteiger partial charge is 0.342 e. The lowest BCUT2D eigenvalue weighted by Gasteiger charge is -2.49. The van der Waals surface area contributed by atoms with E-state index in [9.17, 15) is 4.79 Å². The highest BCUT2D eigenvalue weighted by Crippen LogP contribution is 2.32. The summed E-state index contributed by atoms with van der Waals surface area (Å²) in [5.74, 6) is 0.580. The number of halogens is 1. The molecule has 5 nitrogen and oxygen atoms in total. The van der Waals surface area contributed by atoms with Crippen LogP contribution in [-0.4, -0.2) is 45.9 Å². The predicted molar refractivity (Wildman–Crippen MR) is 94.1 cm³/mol. The lowest BCUT2D eigenvalue weighted by atomic mass is 9.79. The van der Waals surface area contributed by atoms with Gasteiger partial charge in [0.2, 0.25) is 0 Å². The number of benzene rings is 1. The Balaban J connectivity index is 1.49. The molecule has 3 fully saturated rings. The zero-order chi connectivity index (χ0) is 16.7. The summed E-state index contributed by atoms with van der Waals surface area (Å²) in [4.78, 5) is 15.1. The molecule has 1 amide bonds. The lowest BCUT2D eigenvalue weighted by Crippen LogP contribution is -2.62. The maximum atomic E-state index is 12.6. The second-order valence-corrected chi connectivity index (χ2v) is 7.21. The summed E-state index contributed by atoms with van der Waals surface area (Å²) in [6, 6.07) is 8.00. The third-order valence-corrected chi connectivity index (χ3v) is 5.65. The van der Waals surface area contributed by atoms with Gasteiger partial charge >= 0.3 is 6.03 Å². The number of carbonyl (C=O) groups is 1. The first-order valence-electron chi connectivity index (χ1n) is 8.47. The van der Waals surface area contributed by atoms with E-state index < -0.39 is 0 Å². The van der Waals surface area contributed by atoms with Gasteiger partial charge in [0, 0.05) is 28.9 Å². The highest BCUT2D eigenvalue weighted by molar-refractivity contribution is 6.30. The summed E-state index contributed by atoms with van der Waals surface area (Å²) in [5.41, 5.74) is 1.84. The van der Waals surface area contributed by atoms with Gasteiger partial charge in [0.05, 0.1) is 6.20 Å². The van der Waals surface area contributed by atoms with Crippen LogP contribution in [0.2, 0.25) is 5.02 Å². The molecule has 2 atom stereocenters. The number of aromatic nitrogens is 2. The summed E-state index contributed by atoms with van der Waals surface area (Å²) in [5, 5.41) is 8.08. The molecule has 0 spiro atoms. The van der Waals surface area contributed by atoms with Crippen LogP contribution in [0, 0.1) is 5.92 Å². The average molecular weight is 345 g/mol. The van der Waals surface area contributed by atoms with E-state index >= 15 is 0 Å². The number of rotatable bonds is 2. The van der Waals surface area contributed by atoms with E-state index in [0.717, 1.165) is 24.2 Å². The monoisotopic (exact) mass is 344 g/mol. The molecule has 0 radical (unpaired) electrons. The molecule has 1 aromatic heterocycles. The Labute approximate surface area is 146 Å². The Morgan fingerprint density at radius 3 is 2.79 bits per heavy atom. The third-order valence-electron chi connectivity index (χ3n) is 5.42. The predicted octanol–water partition coefficient (Wildman–Crippen LogP) is 3.24. The maximum absolute atomic E-state index is 12.6. The number of nitrogens with one attached hydrogen (secondary N) is 1. The van der Waals surface area contributed by atoms with Crippen molar-refractivity contribution < 1.29 is 4.79 Å². The first-order chi connectivity index (χ1) is 11.6. The zero-order valence-electron chi connectivity index (χ0n) is 13.7. The van der Waals surface area contributed by atoms with Crippen LogP contribution in [0.15, 0.2) is 36.7 Å². The van der Waals surface area contributed by atoms with Crippen LogP contribution in [0.1, 0.15) is 19.8 Å². The molecule has 24 heavy (non-hydrogen) atoms. The summed E-state index contributed by atoms with van der Waals surface area (Å²) < 4.78 is 1.39. The normalized spacial score (nSPS) is 28.8. The zero-order valence-corrected chi connectivity index (χ0v) is 14.4. The molecule has 126 valence electrons. The fraction of sp³-hybridized carbons (Fsp3) is 0.444. The fourth-order valence-corrected chi connectivity index (χ4v) is 4.20. The Kier molecular flexibility index (Phi) is 4.06. The van der Waals surface area contributed by atoms with Gasteiger partial charge in [-0.25, -0.2) is 4.79 Å². The van der Waals surface area contributed by atoms with Gasteiger partial charge in [-0.3, -0.25) is 4.90 Å². The Morgan fingerprint density at radius 2 is 2.08 bits per heavy atom. The smallest absolute Gasteiger partial charge is 0.332 e. The van der Waals surface area contributed by atoms with Crippen LogP contribution in [-0.2, 0) is 0 Å². The number of nitrogens with zero attached hydrogens (tertiary/aromatic N) is 3. The Hall–Kier alpha value is -1.85. The number of piperidine rings is 3. The molecular formula is C18H21ClN4O. The molecule has 1 N–H and O–H groups in total. The van der Waals surface area contributed by atoms with Crippen molar-refractivity contribution in [2.45, 2.75) is 31.8 Å². The van der Waals surface area contributed by atoms with Gasteiger partial charge in [-0.1, -0.05) is 23.7 Å². The summed E-state index contributed by atoms with van der Waals surface area (Å²) >= 11 is 6.03. The van der Waals surface area contributed by atoms with Crippen molar-refractivity contribution in [1.29, 1.82) is 0 Å². The van der Waals surface area contributed by atoms with Crippen molar-refractivity contribution in [3.63, 3.8) is 0 Å². The summed E-state index contributed by atoms with van der Waals surface area (Å²) in [6.07, 6.45) is 5.79. The van der Waals surface area contributed by atoms with Gasteiger partial charge in [0.1, 0.15) is 0 Å². The fourth-order valence-electron chi connectivity index (χ4n) is 4.00. The van der Waals surface area contributed by atoms with E-state index in [1.165, 1.54) is 17.5 Å². The topological polar surface area (TPSA) is 50.2 Å². The van der Waals surface area contributed by atoms with Gasteiger partial charge < -0.3 is 5.32 Å². The van der Waals surface area contributed by atoms with E-state index in [4.69, 9.17) is 11.6 Å². The van der Waals surface area contributed by atoms with Crippen LogP contribution in [0.5, 0.6) is 0 Å². The van der Waals surface area contributed by atoms with Crippen LogP contribution in [0.25, 0.3) is 11.1 Å². The van der Waals surface area contributed by atoms with Crippen LogP contribution in [0.3, 0.4) is 0 Å². The molecule has 3 saturated heterocycles. The van der Waals surface area contributed by atoms with Gasteiger partial charge in [-0.05, 0) is 56.5 Å². The van der Waals surface area contributed by atoms with Crippen molar-refractivity contribution in [3.05, 3.63) is 41.7 Å². The van der Waals surface area contributed by atoms with Crippen molar-refractivity contribution in [3.8, 4) is 11.1 Å². The van der Waals surface area contributed by atoms with Crippen molar-refractivity contribution >= 4 is 17.6 Å². The maximum Gasteiger partial charge on any atom is 0.342 e. The summed E-state index contributed by atoms with van der Waals surface area (Å²) in [6.45, 7) is 4.51. The quantitative estimate of drug-likeness (QED) is 0.909. The average Bonchev–Trinajstić information content (AvgIpc) is 3.09. The van der Waals surface area contributed by atoms with E-state index in [-0.39, 0.29) is 12.1 Å². The molecule has 5 rings (SSSR count). The van der Waals surface area contributed by atoms with E-state index in [1.807, 2.05) is 24.3 Å². The summed E-state index contributed by atoms with van der Waals surface area (Å²) in [7, 11) is 0. The first-order valence-corrected chi connectivity index (χ1v) is 8.85. The molecule has 2 aromatic rings. The van der Waals surface area contributed by atoms with E-state index in [2.05, 4.69) is 22.2 Å². The number of fused-ring (bicyclic) bond motifs is 3. The van der Waals surface area contributed by atoms with Crippen molar-refractivity contribution in [1.82, 2.24) is 20.0 Å². The number of hydrogen-bond donors (Lipinski definition) is 1. The minimum Gasteiger partial charge on any atom is -0.332 e. The second-order valence-electron chi connectivity index (χ2n) is 6.77. The van der Waals surface area contributed by atoms with Gasteiger partial charge in [0.25, 0.3) is 0 Å². The Bertz CT molecular complexity index is 749. The SMILES string of the molecule is C[C@H]1[C@H](NC(=O)n2cc(-c3cccc(Cl)c3)cn2)C2CCN1CC2. The molecule has 6 heteroatoms. The Morgan fingerprint density at radius 1 is 1.29 bits per heavy atom. The third kappa shape index (κ3) is 2.82. The molecule has 0 unspecified atom stereocenters. The minimum atomic E-state index is -0.158. The molecule has 3 aliphatic heterocycles. The highest BCUT2D eigenvalue weighted by atomic mass is 35.5. The first kappa shape index (κ1) is 15.7. The lowest BCUT2D eigenvalue weighted by molar-refractivity contribution is 0.0266. The minimum absolute atomic E-state index is 0.158. The molecule has 0 aliphatic carbocycles. The number of amides is 1. The molecule has 0 saturated carbocycles. The van der Waals surface area contributed by atoms with Crippen molar-refractivity contribution in [2.24, 2.45) is 5.92 Å². The standard InChI is InChI=1S/C18H21ClN4O/c1-12-17(13-5-7-22(12)8-6-13)21-18(24)23-11-15(10-20-23)14-3-2-4-16(19)9-14/h2-4,9-13,17H,5-8H2,1H3,(H,21,24)/t12-,17-/m0/s1.